The van der Waals surface area contributed by atoms with E-state index in [1.165, 1.54) is 23.1 Å². The van der Waals surface area contributed by atoms with E-state index in [1.54, 1.807) is 4.40 Å². The molecule has 1 unspecified atom stereocenters. The highest BCUT2D eigenvalue weighted by Gasteiger charge is 2.34. The molecule has 2 aromatic heterocycles. The summed E-state index contributed by atoms with van der Waals surface area (Å²) in [6.45, 7) is 1.80. The van der Waals surface area contributed by atoms with Crippen molar-refractivity contribution < 1.29 is 14.3 Å². The lowest BCUT2D eigenvalue weighted by Gasteiger charge is -2.28. The number of carbonyl (C=O) groups is 1. The molecule has 0 bridgehead atoms. The zero-order chi connectivity index (χ0) is 20.4. The molecule has 0 saturated carbocycles. The first-order valence-electron chi connectivity index (χ1n) is 9.09. The zero-order valence-electron chi connectivity index (χ0n) is 15.2. The average Bonchev–Trinajstić information content (AvgIpc) is 3.34. The molecule has 29 heavy (non-hydrogen) atoms. The molecule has 3 aromatic rings. The molecule has 1 saturated heterocycles. The van der Waals surface area contributed by atoms with E-state index in [0.717, 1.165) is 12.1 Å². The smallest absolute Gasteiger partial charge is 0.342 e. The number of pyridine rings is 1. The largest absolute Gasteiger partial charge is 0.477 e. The molecule has 1 atom stereocenters. The summed E-state index contributed by atoms with van der Waals surface area (Å²) in [5.41, 5.74) is 8.66. The number of carboxylic acids is 1. The van der Waals surface area contributed by atoms with Gasteiger partial charge in [0.05, 0.1) is 21.5 Å². The second kappa shape index (κ2) is 6.59. The summed E-state index contributed by atoms with van der Waals surface area (Å²) in [5, 5.41) is 11.5. The van der Waals surface area contributed by atoms with Crippen LogP contribution >= 0.6 is 23.1 Å². The number of hydrogen-bond acceptors (Lipinski definition) is 8. The van der Waals surface area contributed by atoms with Crippen LogP contribution < -0.4 is 27.3 Å². The SMILES string of the molecule is NCC1CCN(c2c(F)c(NN)c3c(=O)c(C(=O)O)c4scc5n4c3c2SC5)C1. The fourth-order valence-electron chi connectivity index (χ4n) is 4.32. The molecule has 4 heterocycles. The van der Waals surface area contributed by atoms with E-state index in [0.29, 0.717) is 46.3 Å². The third kappa shape index (κ3) is 2.44. The van der Waals surface area contributed by atoms with Crippen molar-refractivity contribution in [2.24, 2.45) is 17.5 Å². The van der Waals surface area contributed by atoms with Crippen LogP contribution in [0.1, 0.15) is 22.5 Å². The van der Waals surface area contributed by atoms with E-state index < -0.39 is 17.2 Å². The molecule has 5 rings (SSSR count). The first-order chi connectivity index (χ1) is 14.0. The van der Waals surface area contributed by atoms with E-state index in [1.807, 2.05) is 10.3 Å². The molecule has 152 valence electrons. The summed E-state index contributed by atoms with van der Waals surface area (Å²) >= 11 is 2.66. The lowest BCUT2D eigenvalue weighted by molar-refractivity contribution is 0.0697. The van der Waals surface area contributed by atoms with Crippen molar-refractivity contribution >= 4 is 56.2 Å². The van der Waals surface area contributed by atoms with E-state index in [-0.39, 0.29) is 22.6 Å². The number of rotatable bonds is 4. The van der Waals surface area contributed by atoms with Crippen molar-refractivity contribution in [1.82, 2.24) is 4.40 Å². The van der Waals surface area contributed by atoms with Gasteiger partial charge in [-0.15, -0.1) is 23.1 Å². The molecule has 0 aliphatic carbocycles. The second-order valence-electron chi connectivity index (χ2n) is 7.24. The highest BCUT2D eigenvalue weighted by atomic mass is 32.2. The van der Waals surface area contributed by atoms with E-state index in [2.05, 4.69) is 5.43 Å². The minimum absolute atomic E-state index is 0.0277. The van der Waals surface area contributed by atoms with Crippen LogP contribution in [0.3, 0.4) is 0 Å². The Kier molecular flexibility index (Phi) is 4.24. The number of carboxylic acid groups (broad SMARTS) is 1. The van der Waals surface area contributed by atoms with Gasteiger partial charge < -0.3 is 25.6 Å². The quantitative estimate of drug-likeness (QED) is 0.362. The number of hydrazine groups is 1. The van der Waals surface area contributed by atoms with Gasteiger partial charge >= 0.3 is 5.97 Å². The summed E-state index contributed by atoms with van der Waals surface area (Å²) < 4.78 is 17.4. The van der Waals surface area contributed by atoms with Crippen LogP contribution in [0.2, 0.25) is 0 Å². The third-order valence-electron chi connectivity index (χ3n) is 5.69. The van der Waals surface area contributed by atoms with Gasteiger partial charge in [-0.2, -0.15) is 0 Å². The number of thioether (sulfide) groups is 1. The van der Waals surface area contributed by atoms with Gasteiger partial charge in [0.25, 0.3) is 0 Å². The van der Waals surface area contributed by atoms with Gasteiger partial charge in [0, 0.05) is 29.9 Å². The number of hydrogen-bond donors (Lipinski definition) is 4. The predicted molar refractivity (Wildman–Crippen MR) is 113 cm³/mol. The van der Waals surface area contributed by atoms with Crippen LogP contribution in [0, 0.1) is 11.7 Å². The Morgan fingerprint density at radius 1 is 1.45 bits per heavy atom. The summed E-state index contributed by atoms with van der Waals surface area (Å²) in [5.74, 6) is 4.49. The normalized spacial score (nSPS) is 18.3. The molecule has 2 aliphatic rings. The Morgan fingerprint density at radius 2 is 2.24 bits per heavy atom. The maximum absolute atomic E-state index is 15.7. The highest BCUT2D eigenvalue weighted by Crippen LogP contribution is 2.48. The van der Waals surface area contributed by atoms with Crippen LogP contribution in [0.4, 0.5) is 15.8 Å². The van der Waals surface area contributed by atoms with Crippen molar-refractivity contribution in [1.29, 1.82) is 0 Å². The number of halogens is 1. The fourth-order valence-corrected chi connectivity index (χ4v) is 6.66. The standard InChI is InChI=1S/C18H18FN5O3S2/c19-11-12(22-21)9-13-16(14(11)23-2-1-7(3-20)4-23)28-5-8-6-29-17(24(8)13)10(15(9)25)18(26)27/h6-7,22H,1-5,20-21H2,(H,26,27). The lowest BCUT2D eigenvalue weighted by atomic mass is 10.1. The molecular weight excluding hydrogens is 417 g/mol. The van der Waals surface area contributed by atoms with Gasteiger partial charge in [0.15, 0.2) is 5.82 Å². The summed E-state index contributed by atoms with van der Waals surface area (Å²) in [4.78, 5) is 27.9. The summed E-state index contributed by atoms with van der Waals surface area (Å²) in [6, 6.07) is 0. The summed E-state index contributed by atoms with van der Waals surface area (Å²) in [6.07, 6.45) is 0.862. The second-order valence-corrected chi connectivity index (χ2v) is 9.08. The van der Waals surface area contributed by atoms with Gasteiger partial charge in [-0.05, 0) is 18.9 Å². The first kappa shape index (κ1) is 18.7. The molecule has 0 radical (unpaired) electrons. The number of thiazole rings is 1. The van der Waals surface area contributed by atoms with Crippen molar-refractivity contribution in [3.8, 4) is 0 Å². The van der Waals surface area contributed by atoms with Crippen LogP contribution in [0.25, 0.3) is 15.7 Å². The van der Waals surface area contributed by atoms with Crippen LogP contribution in [0.15, 0.2) is 15.1 Å². The van der Waals surface area contributed by atoms with E-state index >= 15 is 4.39 Å². The topological polar surface area (TPSA) is 126 Å². The van der Waals surface area contributed by atoms with Crippen molar-refractivity contribution in [2.75, 3.05) is 30.0 Å². The predicted octanol–water partition coefficient (Wildman–Crippen LogP) is 2.03. The Balaban J connectivity index is 1.96. The first-order valence-corrected chi connectivity index (χ1v) is 11.0. The minimum atomic E-state index is -1.34. The maximum atomic E-state index is 15.7. The number of aromatic carboxylic acids is 1. The molecule has 0 amide bonds. The maximum Gasteiger partial charge on any atom is 0.342 e. The number of nitrogens with zero attached hydrogens (tertiary/aromatic N) is 2. The average molecular weight is 436 g/mol. The number of anilines is 2. The monoisotopic (exact) mass is 435 g/mol. The molecule has 6 N–H and O–H groups in total. The molecule has 2 aliphatic heterocycles. The highest BCUT2D eigenvalue weighted by molar-refractivity contribution is 7.99. The Bertz CT molecular complexity index is 1250. The molecule has 1 fully saturated rings. The number of aromatic nitrogens is 1. The summed E-state index contributed by atoms with van der Waals surface area (Å²) in [7, 11) is 0. The Hall–Kier alpha value is -2.34. The van der Waals surface area contributed by atoms with Gasteiger partial charge in [0.2, 0.25) is 5.43 Å². The van der Waals surface area contributed by atoms with Crippen LogP contribution in [-0.4, -0.2) is 35.1 Å². The number of nitrogens with two attached hydrogens (primary N) is 2. The van der Waals surface area contributed by atoms with Gasteiger partial charge in [-0.1, -0.05) is 0 Å². The molecular formula is C18H18FN5O3S2. The molecule has 11 heteroatoms. The van der Waals surface area contributed by atoms with Crippen molar-refractivity contribution in [2.45, 2.75) is 17.1 Å². The Morgan fingerprint density at radius 3 is 2.90 bits per heavy atom. The number of nitrogens with one attached hydrogen (secondary N) is 1. The fraction of sp³-hybridized carbons (Fsp3) is 0.333. The van der Waals surface area contributed by atoms with Crippen molar-refractivity contribution in [3.05, 3.63) is 32.7 Å². The van der Waals surface area contributed by atoms with Gasteiger partial charge in [0.1, 0.15) is 16.1 Å². The van der Waals surface area contributed by atoms with Crippen LogP contribution in [-0.2, 0) is 5.75 Å². The van der Waals surface area contributed by atoms with Crippen LogP contribution in [0.5, 0.6) is 0 Å². The van der Waals surface area contributed by atoms with Gasteiger partial charge in [-0.3, -0.25) is 10.6 Å². The molecule has 0 spiro atoms. The van der Waals surface area contributed by atoms with E-state index in [9.17, 15) is 14.7 Å². The number of nitrogen functional groups attached to an aromatic ring is 1. The van der Waals surface area contributed by atoms with Gasteiger partial charge in [-0.25, -0.2) is 9.18 Å². The lowest BCUT2D eigenvalue weighted by Crippen LogP contribution is -2.27. The third-order valence-corrected chi connectivity index (χ3v) is 7.81. The van der Waals surface area contributed by atoms with Crippen molar-refractivity contribution in [3.63, 3.8) is 0 Å². The minimum Gasteiger partial charge on any atom is -0.477 e. The van der Waals surface area contributed by atoms with E-state index in [4.69, 9.17) is 11.6 Å². The zero-order valence-corrected chi connectivity index (χ0v) is 16.8. The number of benzene rings is 1. The molecule has 1 aromatic carbocycles. The Labute approximate surface area is 172 Å². The molecule has 8 nitrogen and oxygen atoms in total.